The third-order valence-corrected chi connectivity index (χ3v) is 3.69. The molecule has 5 nitrogen and oxygen atoms in total. The number of hydrogen-bond acceptors (Lipinski definition) is 3. The summed E-state index contributed by atoms with van der Waals surface area (Å²) >= 11 is 0. The van der Waals surface area contributed by atoms with Gasteiger partial charge in [-0.15, -0.1) is 0 Å². The van der Waals surface area contributed by atoms with E-state index in [4.69, 9.17) is 0 Å². The molecule has 0 radical (unpaired) electrons. The highest BCUT2D eigenvalue weighted by atomic mass is 16.4. The number of rotatable bonds is 3. The zero-order valence-corrected chi connectivity index (χ0v) is 8.97. The second kappa shape index (κ2) is 3.50. The Balaban J connectivity index is 1.86. The second-order valence-corrected chi connectivity index (χ2v) is 4.71. The number of aromatic nitrogens is 2. The highest BCUT2D eigenvalue weighted by Gasteiger charge is 2.47. The number of carbonyl (C=O) groups is 1. The molecule has 1 saturated carbocycles. The Morgan fingerprint density at radius 2 is 2.31 bits per heavy atom. The van der Waals surface area contributed by atoms with Crippen LogP contribution in [0.15, 0.2) is 12.4 Å². The zero-order chi connectivity index (χ0) is 11.1. The average Bonchev–Trinajstić information content (AvgIpc) is 2.82. The van der Waals surface area contributed by atoms with Crippen molar-refractivity contribution in [2.45, 2.75) is 25.3 Å². The molecule has 2 heterocycles. The Bertz CT molecular complexity index is 386. The van der Waals surface area contributed by atoms with Crippen molar-refractivity contribution in [3.8, 4) is 0 Å². The highest BCUT2D eigenvalue weighted by molar-refractivity contribution is 5.73. The normalized spacial score (nSPS) is 29.6. The van der Waals surface area contributed by atoms with E-state index in [0.29, 0.717) is 5.92 Å². The molecule has 2 N–H and O–H groups in total. The number of carboxylic acid groups (broad SMARTS) is 1. The minimum Gasteiger partial charge on any atom is -0.481 e. The summed E-state index contributed by atoms with van der Waals surface area (Å²) in [5, 5.41) is 16.0. The van der Waals surface area contributed by atoms with Gasteiger partial charge in [0.1, 0.15) is 0 Å². The number of anilines is 1. The predicted octanol–water partition coefficient (Wildman–Crippen LogP) is 1.10. The van der Waals surface area contributed by atoms with Crippen molar-refractivity contribution in [1.82, 2.24) is 10.2 Å². The number of nitrogens with one attached hydrogen (secondary N) is 1. The molecule has 0 spiro atoms. The van der Waals surface area contributed by atoms with E-state index < -0.39 is 5.97 Å². The van der Waals surface area contributed by atoms with Crippen LogP contribution in [0.1, 0.15) is 19.3 Å². The predicted molar refractivity (Wildman–Crippen MR) is 58.2 cm³/mol. The first-order chi connectivity index (χ1) is 7.77. The maximum absolute atomic E-state index is 11.2. The summed E-state index contributed by atoms with van der Waals surface area (Å²) in [4.78, 5) is 13.4. The molecule has 3 rings (SSSR count). The summed E-state index contributed by atoms with van der Waals surface area (Å²) < 4.78 is 0. The molecule has 1 aromatic rings. The van der Waals surface area contributed by atoms with E-state index in [1.165, 1.54) is 12.8 Å². The molecule has 5 heteroatoms. The van der Waals surface area contributed by atoms with E-state index in [0.717, 1.165) is 18.7 Å². The number of H-pyrrole nitrogens is 1. The molecule has 0 bridgehead atoms. The smallest absolute Gasteiger partial charge is 0.308 e. The Morgan fingerprint density at radius 3 is 2.88 bits per heavy atom. The molecule has 2 aliphatic rings. The van der Waals surface area contributed by atoms with Crippen LogP contribution in [0.4, 0.5) is 5.69 Å². The van der Waals surface area contributed by atoms with Gasteiger partial charge in [-0.05, 0) is 25.2 Å². The van der Waals surface area contributed by atoms with Gasteiger partial charge in [-0.25, -0.2) is 0 Å². The minimum absolute atomic E-state index is 0.176. The number of aliphatic carboxylic acids is 1. The SMILES string of the molecule is O=C(O)[C@H]1CCN(c2cn[nH]c2)[C@@H]1C1CC1. The standard InChI is InChI=1S/C11H15N3O2/c15-11(16)9-3-4-14(8-5-12-13-6-8)10(9)7-1-2-7/h5-7,9-10H,1-4H2,(H,12,13)(H,15,16)/t9-,10+/m0/s1. The minimum atomic E-state index is -0.650. The van der Waals surface area contributed by atoms with Crippen LogP contribution in [-0.2, 0) is 4.79 Å². The van der Waals surface area contributed by atoms with E-state index in [2.05, 4.69) is 15.1 Å². The van der Waals surface area contributed by atoms with Gasteiger partial charge in [0.25, 0.3) is 0 Å². The van der Waals surface area contributed by atoms with E-state index in [-0.39, 0.29) is 12.0 Å². The van der Waals surface area contributed by atoms with Gasteiger partial charge in [0.15, 0.2) is 0 Å². The fourth-order valence-electron chi connectivity index (χ4n) is 2.81. The van der Waals surface area contributed by atoms with E-state index in [9.17, 15) is 9.90 Å². The molecule has 86 valence electrons. The Morgan fingerprint density at radius 1 is 1.50 bits per heavy atom. The van der Waals surface area contributed by atoms with Crippen molar-refractivity contribution >= 4 is 11.7 Å². The lowest BCUT2D eigenvalue weighted by molar-refractivity contribution is -0.142. The number of aromatic amines is 1. The van der Waals surface area contributed by atoms with Gasteiger partial charge in [0.05, 0.1) is 17.8 Å². The van der Waals surface area contributed by atoms with Crippen LogP contribution in [0, 0.1) is 11.8 Å². The van der Waals surface area contributed by atoms with Crippen LogP contribution in [0.2, 0.25) is 0 Å². The van der Waals surface area contributed by atoms with Crippen molar-refractivity contribution in [2.24, 2.45) is 11.8 Å². The third kappa shape index (κ3) is 1.47. The quantitative estimate of drug-likeness (QED) is 0.802. The molecule has 1 aromatic heterocycles. The van der Waals surface area contributed by atoms with Crippen LogP contribution in [-0.4, -0.2) is 33.9 Å². The first kappa shape index (κ1) is 9.69. The van der Waals surface area contributed by atoms with Crippen molar-refractivity contribution in [2.75, 3.05) is 11.4 Å². The highest BCUT2D eigenvalue weighted by Crippen LogP contribution is 2.44. The largest absolute Gasteiger partial charge is 0.481 e. The molecule has 0 unspecified atom stereocenters. The van der Waals surface area contributed by atoms with Crippen molar-refractivity contribution in [3.63, 3.8) is 0 Å². The maximum Gasteiger partial charge on any atom is 0.308 e. The van der Waals surface area contributed by atoms with Crippen LogP contribution in [0.3, 0.4) is 0 Å². The van der Waals surface area contributed by atoms with Gasteiger partial charge in [-0.3, -0.25) is 9.89 Å². The molecule has 1 saturated heterocycles. The zero-order valence-electron chi connectivity index (χ0n) is 8.97. The fraction of sp³-hybridized carbons (Fsp3) is 0.636. The summed E-state index contributed by atoms with van der Waals surface area (Å²) in [7, 11) is 0. The van der Waals surface area contributed by atoms with Crippen LogP contribution in [0.5, 0.6) is 0 Å². The lowest BCUT2D eigenvalue weighted by Gasteiger charge is -2.27. The summed E-state index contributed by atoms with van der Waals surface area (Å²) in [6.45, 7) is 0.831. The maximum atomic E-state index is 11.2. The number of hydrogen-bond donors (Lipinski definition) is 2. The number of carboxylic acids is 1. The molecule has 2 fully saturated rings. The van der Waals surface area contributed by atoms with Crippen LogP contribution >= 0.6 is 0 Å². The Kier molecular flexibility index (Phi) is 2.12. The molecule has 2 atom stereocenters. The summed E-state index contributed by atoms with van der Waals surface area (Å²) in [5.41, 5.74) is 1.03. The Hall–Kier alpha value is -1.52. The summed E-state index contributed by atoms with van der Waals surface area (Å²) in [6.07, 6.45) is 6.71. The lowest BCUT2D eigenvalue weighted by atomic mass is 9.96. The van der Waals surface area contributed by atoms with Gasteiger partial charge in [-0.1, -0.05) is 0 Å². The van der Waals surface area contributed by atoms with Crippen LogP contribution in [0.25, 0.3) is 0 Å². The lowest BCUT2D eigenvalue weighted by Crippen LogP contribution is -2.37. The average molecular weight is 221 g/mol. The molecule has 1 aliphatic carbocycles. The van der Waals surface area contributed by atoms with Crippen molar-refractivity contribution in [3.05, 3.63) is 12.4 Å². The molecule has 16 heavy (non-hydrogen) atoms. The topological polar surface area (TPSA) is 69.2 Å². The summed E-state index contributed by atoms with van der Waals surface area (Å²) in [6, 6.07) is 0.176. The number of nitrogens with zero attached hydrogens (tertiary/aromatic N) is 2. The first-order valence-corrected chi connectivity index (χ1v) is 5.75. The first-order valence-electron chi connectivity index (χ1n) is 5.75. The van der Waals surface area contributed by atoms with E-state index in [1.807, 2.05) is 6.20 Å². The molecular formula is C11H15N3O2. The van der Waals surface area contributed by atoms with Crippen molar-refractivity contribution < 1.29 is 9.90 Å². The molecule has 1 aliphatic heterocycles. The van der Waals surface area contributed by atoms with Gasteiger partial charge in [0.2, 0.25) is 0 Å². The van der Waals surface area contributed by atoms with Gasteiger partial charge >= 0.3 is 5.97 Å². The van der Waals surface area contributed by atoms with Crippen LogP contribution < -0.4 is 4.90 Å². The van der Waals surface area contributed by atoms with Gasteiger partial charge in [-0.2, -0.15) is 5.10 Å². The van der Waals surface area contributed by atoms with Crippen molar-refractivity contribution in [1.29, 1.82) is 0 Å². The monoisotopic (exact) mass is 221 g/mol. The second-order valence-electron chi connectivity index (χ2n) is 4.71. The van der Waals surface area contributed by atoms with E-state index in [1.54, 1.807) is 6.20 Å². The molecule has 0 amide bonds. The molecular weight excluding hydrogens is 206 g/mol. The summed E-state index contributed by atoms with van der Waals surface area (Å²) in [5.74, 6) is -0.288. The van der Waals surface area contributed by atoms with E-state index >= 15 is 0 Å². The fourth-order valence-corrected chi connectivity index (χ4v) is 2.81. The Labute approximate surface area is 93.5 Å². The van der Waals surface area contributed by atoms with Gasteiger partial charge < -0.3 is 10.0 Å². The third-order valence-electron chi connectivity index (χ3n) is 3.69. The van der Waals surface area contributed by atoms with Gasteiger partial charge in [0, 0.05) is 18.8 Å². The molecule has 0 aromatic carbocycles.